The summed E-state index contributed by atoms with van der Waals surface area (Å²) in [5.41, 5.74) is 5.38. The van der Waals surface area contributed by atoms with E-state index in [0.717, 1.165) is 19.6 Å². The molecule has 1 aliphatic heterocycles. The third-order valence-electron chi connectivity index (χ3n) is 1.76. The van der Waals surface area contributed by atoms with Gasteiger partial charge in [0.25, 0.3) is 0 Å². The minimum absolute atomic E-state index is 0.476. The van der Waals surface area contributed by atoms with Gasteiger partial charge in [-0.15, -0.1) is 0 Å². The van der Waals surface area contributed by atoms with Gasteiger partial charge in [0.15, 0.2) is 0 Å². The van der Waals surface area contributed by atoms with E-state index in [2.05, 4.69) is 0 Å². The highest BCUT2D eigenvalue weighted by Gasteiger charge is 2.11. The molecule has 1 heterocycles. The van der Waals surface area contributed by atoms with E-state index in [1.807, 2.05) is 0 Å². The Balaban J connectivity index is 2.08. The van der Waals surface area contributed by atoms with Crippen LogP contribution in [-0.4, -0.2) is 19.3 Å². The molecule has 2 heteroatoms. The van der Waals surface area contributed by atoms with Crippen molar-refractivity contribution in [2.24, 2.45) is 5.73 Å². The summed E-state index contributed by atoms with van der Waals surface area (Å²) >= 11 is 0. The van der Waals surface area contributed by atoms with E-state index in [1.54, 1.807) is 0 Å². The van der Waals surface area contributed by atoms with Gasteiger partial charge in [0.1, 0.15) is 0 Å². The molecule has 0 aliphatic carbocycles. The molecule has 9 heavy (non-hydrogen) atoms. The van der Waals surface area contributed by atoms with Crippen LogP contribution in [0.15, 0.2) is 0 Å². The summed E-state index contributed by atoms with van der Waals surface area (Å²) in [6.07, 6.45) is 5.30. The molecule has 1 rings (SSSR count). The summed E-state index contributed by atoms with van der Waals surface area (Å²) in [5.74, 6) is 0. The van der Waals surface area contributed by atoms with Gasteiger partial charge in [0.2, 0.25) is 0 Å². The molecule has 0 aromatic heterocycles. The van der Waals surface area contributed by atoms with Crippen molar-refractivity contribution in [3.05, 3.63) is 0 Å². The van der Waals surface area contributed by atoms with Gasteiger partial charge in [-0.05, 0) is 32.2 Å². The van der Waals surface area contributed by atoms with Crippen LogP contribution in [0.3, 0.4) is 0 Å². The van der Waals surface area contributed by atoms with Crippen molar-refractivity contribution in [3.63, 3.8) is 0 Å². The summed E-state index contributed by atoms with van der Waals surface area (Å²) in [6, 6.07) is 0. The first kappa shape index (κ1) is 7.03. The lowest BCUT2D eigenvalue weighted by atomic mass is 10.1. The maximum Gasteiger partial charge on any atom is 0.0587 e. The van der Waals surface area contributed by atoms with Gasteiger partial charge >= 0.3 is 0 Å². The predicted octanol–water partition coefficient (Wildman–Crippen LogP) is 0.904. The zero-order valence-electron chi connectivity index (χ0n) is 5.81. The van der Waals surface area contributed by atoms with Crippen LogP contribution in [0.4, 0.5) is 0 Å². The van der Waals surface area contributed by atoms with Gasteiger partial charge in [-0.25, -0.2) is 0 Å². The highest BCUT2D eigenvalue weighted by molar-refractivity contribution is 4.63. The maximum atomic E-state index is 5.44. The molecule has 54 valence electrons. The summed E-state index contributed by atoms with van der Waals surface area (Å²) < 4.78 is 5.44. The summed E-state index contributed by atoms with van der Waals surface area (Å²) in [7, 11) is 0. The topological polar surface area (TPSA) is 35.2 Å². The van der Waals surface area contributed by atoms with Gasteiger partial charge in [-0.3, -0.25) is 0 Å². The Bertz CT molecular complexity index is 66.6. The van der Waals surface area contributed by atoms with Gasteiger partial charge in [-0.2, -0.15) is 0 Å². The Morgan fingerprint density at radius 1 is 1.44 bits per heavy atom. The fourth-order valence-electron chi connectivity index (χ4n) is 1.22. The van der Waals surface area contributed by atoms with Crippen LogP contribution in [0.1, 0.15) is 25.7 Å². The van der Waals surface area contributed by atoms with Crippen molar-refractivity contribution in [1.82, 2.24) is 0 Å². The van der Waals surface area contributed by atoms with E-state index < -0.39 is 0 Å². The molecule has 2 N–H and O–H groups in total. The Hall–Kier alpha value is -0.0800. The largest absolute Gasteiger partial charge is 0.378 e. The first-order valence-corrected chi connectivity index (χ1v) is 3.75. The van der Waals surface area contributed by atoms with Crippen LogP contribution < -0.4 is 5.73 Å². The molecule has 1 saturated heterocycles. The first-order chi connectivity index (χ1) is 4.43. The number of hydrogen-bond acceptors (Lipinski definition) is 2. The standard InChI is InChI=1S/C7H15NO/c8-5-4-7-3-1-2-6-9-7/h7H,1-6,8H2/t7-/m0/s1. The molecule has 1 atom stereocenters. The molecule has 0 radical (unpaired) electrons. The molecule has 0 spiro atoms. The van der Waals surface area contributed by atoms with Crippen molar-refractivity contribution >= 4 is 0 Å². The highest BCUT2D eigenvalue weighted by atomic mass is 16.5. The van der Waals surface area contributed by atoms with Crippen LogP contribution in [0.2, 0.25) is 0 Å². The number of ether oxygens (including phenoxy) is 1. The Labute approximate surface area is 56.4 Å². The fourth-order valence-corrected chi connectivity index (χ4v) is 1.22. The minimum atomic E-state index is 0.476. The molecule has 1 aliphatic rings. The van der Waals surface area contributed by atoms with Crippen LogP contribution in [0.25, 0.3) is 0 Å². The quantitative estimate of drug-likeness (QED) is 0.601. The Morgan fingerprint density at radius 3 is 2.89 bits per heavy atom. The van der Waals surface area contributed by atoms with Crippen LogP contribution in [0, 0.1) is 0 Å². The van der Waals surface area contributed by atoms with Gasteiger partial charge < -0.3 is 10.5 Å². The van der Waals surface area contributed by atoms with E-state index in [1.165, 1.54) is 19.3 Å². The summed E-state index contributed by atoms with van der Waals surface area (Å²) in [4.78, 5) is 0. The number of rotatable bonds is 2. The first-order valence-electron chi connectivity index (χ1n) is 3.75. The zero-order valence-corrected chi connectivity index (χ0v) is 5.81. The lowest BCUT2D eigenvalue weighted by Gasteiger charge is -2.21. The second kappa shape index (κ2) is 3.85. The molecule has 0 aromatic carbocycles. The molecule has 2 nitrogen and oxygen atoms in total. The van der Waals surface area contributed by atoms with E-state index in [9.17, 15) is 0 Å². The normalized spacial score (nSPS) is 28.3. The number of hydrogen-bond donors (Lipinski definition) is 1. The highest BCUT2D eigenvalue weighted by Crippen LogP contribution is 2.14. The smallest absolute Gasteiger partial charge is 0.0587 e. The van der Waals surface area contributed by atoms with Crippen molar-refractivity contribution in [1.29, 1.82) is 0 Å². The molecule has 0 saturated carbocycles. The Morgan fingerprint density at radius 2 is 2.33 bits per heavy atom. The molecular formula is C7H15NO. The van der Waals surface area contributed by atoms with Crippen LogP contribution in [-0.2, 0) is 4.74 Å². The van der Waals surface area contributed by atoms with E-state index in [-0.39, 0.29) is 0 Å². The molecule has 0 aromatic rings. The monoisotopic (exact) mass is 129 g/mol. The number of nitrogens with two attached hydrogens (primary N) is 1. The van der Waals surface area contributed by atoms with Crippen LogP contribution >= 0.6 is 0 Å². The lowest BCUT2D eigenvalue weighted by Crippen LogP contribution is -2.21. The summed E-state index contributed by atoms with van der Waals surface area (Å²) in [6.45, 7) is 1.72. The molecular weight excluding hydrogens is 114 g/mol. The van der Waals surface area contributed by atoms with Crippen molar-refractivity contribution < 1.29 is 4.74 Å². The van der Waals surface area contributed by atoms with E-state index in [0.29, 0.717) is 6.10 Å². The molecule has 1 fully saturated rings. The third kappa shape index (κ3) is 2.33. The SMILES string of the molecule is NCC[C@@H]1CCCCO1. The van der Waals surface area contributed by atoms with E-state index >= 15 is 0 Å². The fraction of sp³-hybridized carbons (Fsp3) is 1.00. The maximum absolute atomic E-state index is 5.44. The Kier molecular flexibility index (Phi) is 3.01. The van der Waals surface area contributed by atoms with Crippen LogP contribution in [0.5, 0.6) is 0 Å². The van der Waals surface area contributed by atoms with Crippen molar-refractivity contribution in [2.75, 3.05) is 13.2 Å². The second-order valence-electron chi connectivity index (χ2n) is 2.57. The summed E-state index contributed by atoms with van der Waals surface area (Å²) in [5, 5.41) is 0. The average molecular weight is 129 g/mol. The van der Waals surface area contributed by atoms with Gasteiger partial charge in [-0.1, -0.05) is 0 Å². The van der Waals surface area contributed by atoms with Crippen molar-refractivity contribution in [3.8, 4) is 0 Å². The van der Waals surface area contributed by atoms with E-state index in [4.69, 9.17) is 10.5 Å². The molecule has 0 unspecified atom stereocenters. The lowest BCUT2D eigenvalue weighted by molar-refractivity contribution is 0.0128. The molecule has 0 bridgehead atoms. The van der Waals surface area contributed by atoms with Crippen molar-refractivity contribution in [2.45, 2.75) is 31.8 Å². The predicted molar refractivity (Wildman–Crippen MR) is 37.3 cm³/mol. The van der Waals surface area contributed by atoms with Gasteiger partial charge in [0.05, 0.1) is 6.10 Å². The zero-order chi connectivity index (χ0) is 6.53. The average Bonchev–Trinajstić information content (AvgIpc) is 1.91. The van der Waals surface area contributed by atoms with Gasteiger partial charge in [0, 0.05) is 6.61 Å². The molecule has 0 amide bonds. The second-order valence-corrected chi connectivity index (χ2v) is 2.57. The minimum Gasteiger partial charge on any atom is -0.378 e. The third-order valence-corrected chi connectivity index (χ3v) is 1.76.